The summed E-state index contributed by atoms with van der Waals surface area (Å²) in [5, 5.41) is 10.4. The van der Waals surface area contributed by atoms with Crippen molar-refractivity contribution in [2.75, 3.05) is 6.61 Å². The largest absolute Gasteiger partial charge is 0.694 e. The molecule has 0 aliphatic heterocycles. The zero-order valence-corrected chi connectivity index (χ0v) is 10.1. The minimum atomic E-state index is -2.68. The van der Waals surface area contributed by atoms with Crippen LogP contribution in [0.2, 0.25) is 0 Å². The van der Waals surface area contributed by atoms with Crippen molar-refractivity contribution < 1.29 is 23.5 Å². The number of phenolic OH excluding ortho intramolecular Hbond substituents is 1. The SMILES string of the molecule is O=c1ccc2ccc(O)c(CCO[P+](=O)O)c2o1. The smallest absolute Gasteiger partial charge is 0.508 e. The topological polar surface area (TPSA) is 97.0 Å². The van der Waals surface area contributed by atoms with E-state index in [4.69, 9.17) is 9.31 Å². The molecule has 0 saturated heterocycles. The van der Waals surface area contributed by atoms with Crippen LogP contribution in [0.1, 0.15) is 5.56 Å². The highest BCUT2D eigenvalue weighted by molar-refractivity contribution is 7.32. The molecule has 0 aliphatic carbocycles. The Balaban J connectivity index is 2.40. The standard InChI is InChI=1S/C11H9O6P/c12-9-3-1-7-2-4-10(13)17-11(7)8(9)5-6-16-18(14)15/h1-4H,5-6H2,(H-,12,13,14,15)/p+1. The first-order valence-corrected chi connectivity index (χ1v) is 6.25. The number of aromatic hydroxyl groups is 1. The summed E-state index contributed by atoms with van der Waals surface area (Å²) in [5.74, 6) is -0.0476. The summed E-state index contributed by atoms with van der Waals surface area (Å²) in [7, 11) is -2.68. The lowest BCUT2D eigenvalue weighted by Crippen LogP contribution is -2.00. The van der Waals surface area contributed by atoms with E-state index >= 15 is 0 Å². The lowest BCUT2D eigenvalue weighted by Gasteiger charge is -2.05. The molecule has 6 nitrogen and oxygen atoms in total. The Labute approximate surface area is 102 Å². The van der Waals surface area contributed by atoms with Crippen molar-refractivity contribution in [3.63, 3.8) is 0 Å². The molecule has 1 aromatic carbocycles. The summed E-state index contributed by atoms with van der Waals surface area (Å²) < 4.78 is 19.9. The minimum absolute atomic E-state index is 0.0476. The van der Waals surface area contributed by atoms with Crippen LogP contribution in [0.4, 0.5) is 0 Å². The molecule has 0 saturated carbocycles. The van der Waals surface area contributed by atoms with Crippen LogP contribution in [0.25, 0.3) is 11.0 Å². The van der Waals surface area contributed by atoms with Crippen LogP contribution in [0.15, 0.2) is 33.5 Å². The van der Waals surface area contributed by atoms with Gasteiger partial charge >= 0.3 is 13.9 Å². The van der Waals surface area contributed by atoms with E-state index in [1.807, 2.05) is 0 Å². The molecular formula is C11H10O6P+. The van der Waals surface area contributed by atoms with Gasteiger partial charge < -0.3 is 9.52 Å². The van der Waals surface area contributed by atoms with Gasteiger partial charge in [0, 0.05) is 28.0 Å². The Morgan fingerprint density at radius 1 is 1.28 bits per heavy atom. The third-order valence-electron chi connectivity index (χ3n) is 2.42. The lowest BCUT2D eigenvalue weighted by molar-refractivity contribution is 0.283. The van der Waals surface area contributed by atoms with Crippen LogP contribution < -0.4 is 5.63 Å². The van der Waals surface area contributed by atoms with Crippen molar-refractivity contribution in [3.05, 3.63) is 40.2 Å². The first-order valence-electron chi connectivity index (χ1n) is 5.11. The van der Waals surface area contributed by atoms with Gasteiger partial charge in [0.2, 0.25) is 0 Å². The first-order chi connectivity index (χ1) is 8.58. The highest BCUT2D eigenvalue weighted by Gasteiger charge is 2.15. The predicted molar refractivity (Wildman–Crippen MR) is 63.6 cm³/mol. The number of fused-ring (bicyclic) bond motifs is 1. The second-order valence-corrected chi connectivity index (χ2v) is 4.29. The van der Waals surface area contributed by atoms with Crippen molar-refractivity contribution in [1.29, 1.82) is 0 Å². The molecule has 1 aromatic heterocycles. The third-order valence-corrected chi connectivity index (χ3v) is 2.83. The summed E-state index contributed by atoms with van der Waals surface area (Å²) in [5.41, 5.74) is 0.116. The van der Waals surface area contributed by atoms with Crippen molar-refractivity contribution in [2.24, 2.45) is 0 Å². The highest BCUT2D eigenvalue weighted by Crippen LogP contribution is 2.27. The molecule has 0 radical (unpaired) electrons. The van der Waals surface area contributed by atoms with Crippen LogP contribution in [0.5, 0.6) is 5.75 Å². The lowest BCUT2D eigenvalue weighted by atomic mass is 10.1. The van der Waals surface area contributed by atoms with Gasteiger partial charge in [0.05, 0.1) is 0 Å². The maximum Gasteiger partial charge on any atom is 0.694 e. The van der Waals surface area contributed by atoms with Crippen molar-refractivity contribution in [1.82, 2.24) is 0 Å². The van der Waals surface area contributed by atoms with Gasteiger partial charge in [-0.2, -0.15) is 0 Å². The summed E-state index contributed by atoms with van der Waals surface area (Å²) in [6.07, 6.45) is 0.164. The average molecular weight is 269 g/mol. The van der Waals surface area contributed by atoms with E-state index in [0.717, 1.165) is 0 Å². The van der Waals surface area contributed by atoms with Crippen LogP contribution in [-0.2, 0) is 15.5 Å². The van der Waals surface area contributed by atoms with Gasteiger partial charge in [0.15, 0.2) is 0 Å². The fourth-order valence-corrected chi connectivity index (χ4v) is 1.89. The van der Waals surface area contributed by atoms with Crippen molar-refractivity contribution in [3.8, 4) is 5.75 Å². The number of benzene rings is 1. The highest BCUT2D eigenvalue weighted by atomic mass is 31.1. The van der Waals surface area contributed by atoms with Crippen LogP contribution in [0, 0.1) is 0 Å². The molecular weight excluding hydrogens is 259 g/mol. The zero-order valence-electron chi connectivity index (χ0n) is 9.20. The van der Waals surface area contributed by atoms with Gasteiger partial charge in [0.25, 0.3) is 0 Å². The Morgan fingerprint density at radius 2 is 2.00 bits per heavy atom. The van der Waals surface area contributed by atoms with Crippen LogP contribution >= 0.6 is 8.25 Å². The van der Waals surface area contributed by atoms with E-state index in [1.54, 1.807) is 12.1 Å². The fraction of sp³-hybridized carbons (Fsp3) is 0.182. The molecule has 2 aromatic rings. The number of hydrogen-bond acceptors (Lipinski definition) is 5. The summed E-state index contributed by atoms with van der Waals surface area (Å²) >= 11 is 0. The number of phenols is 1. The number of rotatable bonds is 4. The van der Waals surface area contributed by atoms with E-state index in [1.165, 1.54) is 12.1 Å². The Bertz CT molecular complexity index is 648. The maximum atomic E-state index is 11.2. The van der Waals surface area contributed by atoms with E-state index in [2.05, 4.69) is 4.52 Å². The molecule has 1 heterocycles. The molecule has 18 heavy (non-hydrogen) atoms. The monoisotopic (exact) mass is 269 g/mol. The molecule has 0 aliphatic rings. The molecule has 7 heteroatoms. The minimum Gasteiger partial charge on any atom is -0.508 e. The van der Waals surface area contributed by atoms with Crippen LogP contribution in [-0.4, -0.2) is 16.6 Å². The molecule has 2 rings (SSSR count). The van der Waals surface area contributed by atoms with Gasteiger partial charge in [-0.1, -0.05) is 0 Å². The van der Waals surface area contributed by atoms with E-state index in [9.17, 15) is 14.5 Å². The molecule has 0 fully saturated rings. The van der Waals surface area contributed by atoms with Gasteiger partial charge in [-0.05, 0) is 18.2 Å². The van der Waals surface area contributed by atoms with Gasteiger partial charge in [0.1, 0.15) is 17.9 Å². The second-order valence-electron chi connectivity index (χ2n) is 3.56. The van der Waals surface area contributed by atoms with Crippen LogP contribution in [0.3, 0.4) is 0 Å². The van der Waals surface area contributed by atoms with Crippen molar-refractivity contribution >= 4 is 19.2 Å². The van der Waals surface area contributed by atoms with Gasteiger partial charge in [-0.15, -0.1) is 9.42 Å². The van der Waals surface area contributed by atoms with E-state index in [-0.39, 0.29) is 24.4 Å². The summed E-state index contributed by atoms with van der Waals surface area (Å²) in [6.45, 7) is -0.0585. The van der Waals surface area contributed by atoms with E-state index in [0.29, 0.717) is 10.9 Å². The van der Waals surface area contributed by atoms with Crippen molar-refractivity contribution in [2.45, 2.75) is 6.42 Å². The molecule has 0 amide bonds. The average Bonchev–Trinajstić information content (AvgIpc) is 2.31. The molecule has 2 N–H and O–H groups in total. The Kier molecular flexibility index (Phi) is 3.72. The molecule has 94 valence electrons. The molecule has 0 spiro atoms. The maximum absolute atomic E-state index is 11.2. The molecule has 0 bridgehead atoms. The predicted octanol–water partition coefficient (Wildman–Crippen LogP) is 1.71. The second kappa shape index (κ2) is 5.27. The summed E-state index contributed by atoms with van der Waals surface area (Å²) in [4.78, 5) is 19.7. The number of hydrogen-bond donors (Lipinski definition) is 2. The molecule has 1 atom stereocenters. The summed E-state index contributed by atoms with van der Waals surface area (Å²) in [6, 6.07) is 5.95. The third kappa shape index (κ3) is 2.73. The van der Waals surface area contributed by atoms with Gasteiger partial charge in [-0.3, -0.25) is 0 Å². The normalized spacial score (nSPS) is 11.7. The first kappa shape index (κ1) is 12.7. The van der Waals surface area contributed by atoms with E-state index < -0.39 is 13.9 Å². The Morgan fingerprint density at radius 3 is 2.72 bits per heavy atom. The van der Waals surface area contributed by atoms with Gasteiger partial charge in [-0.25, -0.2) is 4.79 Å². The fourth-order valence-electron chi connectivity index (χ4n) is 1.65. The quantitative estimate of drug-likeness (QED) is 0.647. The molecule has 1 unspecified atom stereocenters. The Hall–Kier alpha value is -1.75. The zero-order chi connectivity index (χ0) is 13.1.